The van der Waals surface area contributed by atoms with Gasteiger partial charge in [0.1, 0.15) is 12.4 Å². The van der Waals surface area contributed by atoms with Crippen LogP contribution in [0.1, 0.15) is 25.7 Å². The van der Waals surface area contributed by atoms with Crippen LogP contribution in [-0.2, 0) is 4.79 Å². The van der Waals surface area contributed by atoms with Crippen molar-refractivity contribution in [3.63, 3.8) is 0 Å². The Kier molecular flexibility index (Phi) is 5.62. The van der Waals surface area contributed by atoms with Crippen molar-refractivity contribution >= 4 is 23.4 Å². The third-order valence-corrected chi connectivity index (χ3v) is 5.58. The Morgan fingerprint density at radius 2 is 2.18 bits per heavy atom. The lowest BCUT2D eigenvalue weighted by molar-refractivity contribution is -0.115. The van der Waals surface area contributed by atoms with Gasteiger partial charge >= 0.3 is 0 Å². The van der Waals surface area contributed by atoms with Crippen molar-refractivity contribution in [1.29, 1.82) is 0 Å². The molecule has 0 radical (unpaired) electrons. The van der Waals surface area contributed by atoms with Gasteiger partial charge in [0.2, 0.25) is 5.91 Å². The van der Waals surface area contributed by atoms with Gasteiger partial charge in [-0.2, -0.15) is 0 Å². The number of hydrogen-bond donors (Lipinski definition) is 1. The Morgan fingerprint density at radius 1 is 1.32 bits per heavy atom. The van der Waals surface area contributed by atoms with Gasteiger partial charge in [-0.3, -0.25) is 9.69 Å². The normalized spacial score (nSPS) is 21.9. The summed E-state index contributed by atoms with van der Waals surface area (Å²) in [7, 11) is 0. The number of rotatable bonds is 6. The molecule has 0 saturated carbocycles. The summed E-state index contributed by atoms with van der Waals surface area (Å²) in [4.78, 5) is 14.6. The highest BCUT2D eigenvalue weighted by molar-refractivity contribution is 8.00. The summed E-state index contributed by atoms with van der Waals surface area (Å²) in [6.45, 7) is 4.07. The van der Waals surface area contributed by atoms with E-state index in [0.717, 1.165) is 36.6 Å². The molecule has 0 spiro atoms. The van der Waals surface area contributed by atoms with Gasteiger partial charge in [0.15, 0.2) is 0 Å². The topological polar surface area (TPSA) is 41.6 Å². The Balaban J connectivity index is 1.47. The molecule has 2 aliphatic rings. The fourth-order valence-electron chi connectivity index (χ4n) is 2.97. The van der Waals surface area contributed by atoms with Gasteiger partial charge in [-0.1, -0.05) is 6.07 Å². The van der Waals surface area contributed by atoms with Crippen molar-refractivity contribution in [2.24, 2.45) is 0 Å². The molecule has 2 aliphatic heterocycles. The number of carbonyl (C=O) groups is 1. The highest BCUT2D eigenvalue weighted by atomic mass is 32.2. The predicted molar refractivity (Wildman–Crippen MR) is 91.7 cm³/mol. The zero-order chi connectivity index (χ0) is 15.2. The van der Waals surface area contributed by atoms with Gasteiger partial charge in [-0.15, -0.1) is 11.8 Å². The van der Waals surface area contributed by atoms with Crippen LogP contribution in [0, 0.1) is 0 Å². The van der Waals surface area contributed by atoms with E-state index >= 15 is 0 Å². The van der Waals surface area contributed by atoms with E-state index in [1.807, 2.05) is 24.3 Å². The molecular formula is C17H24N2O2S. The lowest BCUT2D eigenvalue weighted by Crippen LogP contribution is -2.25. The molecule has 3 rings (SSSR count). The van der Waals surface area contributed by atoms with Crippen molar-refractivity contribution in [2.45, 2.75) is 30.9 Å². The third kappa shape index (κ3) is 4.40. The standard InChI is InChI=1S/C17H24N2O2S/c20-17(16-7-4-12-22-16)18-14-5-3-6-15(13-14)21-11-10-19-8-1-2-9-19/h3,5-6,13,16H,1-2,4,7-12H2,(H,18,20)/t16-/m1/s1. The first-order valence-electron chi connectivity index (χ1n) is 8.19. The van der Waals surface area contributed by atoms with E-state index in [9.17, 15) is 4.79 Å². The minimum Gasteiger partial charge on any atom is -0.492 e. The quantitative estimate of drug-likeness (QED) is 0.875. The first-order valence-corrected chi connectivity index (χ1v) is 9.24. The number of benzene rings is 1. The average Bonchev–Trinajstić information content (AvgIpc) is 3.21. The maximum absolute atomic E-state index is 12.1. The van der Waals surface area contributed by atoms with E-state index in [0.29, 0.717) is 6.61 Å². The van der Waals surface area contributed by atoms with Gasteiger partial charge in [0.25, 0.3) is 0 Å². The largest absolute Gasteiger partial charge is 0.492 e. The zero-order valence-corrected chi connectivity index (χ0v) is 13.7. The number of anilines is 1. The first-order chi connectivity index (χ1) is 10.8. The molecule has 0 unspecified atom stereocenters. The van der Waals surface area contributed by atoms with Crippen molar-refractivity contribution in [3.05, 3.63) is 24.3 Å². The fourth-order valence-corrected chi connectivity index (χ4v) is 4.13. The zero-order valence-electron chi connectivity index (χ0n) is 12.9. The Hall–Kier alpha value is -1.20. The molecule has 120 valence electrons. The summed E-state index contributed by atoms with van der Waals surface area (Å²) in [5.41, 5.74) is 0.830. The van der Waals surface area contributed by atoms with Crippen LogP contribution in [0.2, 0.25) is 0 Å². The molecule has 0 bridgehead atoms. The lowest BCUT2D eigenvalue weighted by Gasteiger charge is -2.15. The van der Waals surface area contributed by atoms with E-state index in [1.165, 1.54) is 25.9 Å². The van der Waals surface area contributed by atoms with Crippen LogP contribution >= 0.6 is 11.8 Å². The smallest absolute Gasteiger partial charge is 0.237 e. The fraction of sp³-hybridized carbons (Fsp3) is 0.588. The summed E-state index contributed by atoms with van der Waals surface area (Å²) < 4.78 is 5.82. The van der Waals surface area contributed by atoms with Crippen molar-refractivity contribution in [1.82, 2.24) is 4.90 Å². The Labute approximate surface area is 136 Å². The van der Waals surface area contributed by atoms with Crippen LogP contribution in [0.4, 0.5) is 5.69 Å². The highest BCUT2D eigenvalue weighted by Crippen LogP contribution is 2.27. The van der Waals surface area contributed by atoms with Crippen LogP contribution in [0.15, 0.2) is 24.3 Å². The molecule has 1 atom stereocenters. The molecular weight excluding hydrogens is 296 g/mol. The average molecular weight is 320 g/mol. The predicted octanol–water partition coefficient (Wildman–Crippen LogP) is 3.00. The highest BCUT2D eigenvalue weighted by Gasteiger charge is 2.23. The minimum absolute atomic E-state index is 0.111. The van der Waals surface area contributed by atoms with Crippen molar-refractivity contribution < 1.29 is 9.53 Å². The van der Waals surface area contributed by atoms with Crippen LogP contribution in [-0.4, -0.2) is 48.1 Å². The number of carbonyl (C=O) groups excluding carboxylic acids is 1. The number of nitrogens with zero attached hydrogens (tertiary/aromatic N) is 1. The molecule has 1 aromatic rings. The van der Waals surface area contributed by atoms with Gasteiger partial charge < -0.3 is 10.1 Å². The summed E-state index contributed by atoms with van der Waals surface area (Å²) in [6, 6.07) is 7.72. The monoisotopic (exact) mass is 320 g/mol. The molecule has 22 heavy (non-hydrogen) atoms. The molecule has 4 nitrogen and oxygen atoms in total. The van der Waals surface area contributed by atoms with Gasteiger partial charge in [0, 0.05) is 18.3 Å². The van der Waals surface area contributed by atoms with Crippen molar-refractivity contribution in [2.75, 3.05) is 37.3 Å². The van der Waals surface area contributed by atoms with Gasteiger partial charge in [0.05, 0.1) is 5.25 Å². The molecule has 1 N–H and O–H groups in total. The van der Waals surface area contributed by atoms with Gasteiger partial charge in [-0.05, 0) is 56.7 Å². The number of likely N-dealkylation sites (tertiary alicyclic amines) is 1. The number of ether oxygens (including phenoxy) is 1. The minimum atomic E-state index is 0.111. The number of hydrogen-bond acceptors (Lipinski definition) is 4. The summed E-state index contributed by atoms with van der Waals surface area (Å²) in [5.74, 6) is 2.05. The molecule has 0 aromatic heterocycles. The van der Waals surface area contributed by atoms with Crippen LogP contribution in [0.5, 0.6) is 5.75 Å². The first kappa shape index (κ1) is 15.7. The summed E-state index contributed by atoms with van der Waals surface area (Å²) >= 11 is 1.75. The third-order valence-electron chi connectivity index (χ3n) is 4.20. The lowest BCUT2D eigenvalue weighted by atomic mass is 10.2. The SMILES string of the molecule is O=C(Nc1cccc(OCCN2CCCC2)c1)[C@H]1CCCS1. The molecule has 1 amide bonds. The maximum atomic E-state index is 12.1. The van der Waals surface area contributed by atoms with E-state index < -0.39 is 0 Å². The van der Waals surface area contributed by atoms with E-state index in [-0.39, 0.29) is 11.2 Å². The summed E-state index contributed by atoms with van der Waals surface area (Å²) in [5, 5.41) is 3.12. The maximum Gasteiger partial charge on any atom is 0.237 e. The van der Waals surface area contributed by atoms with Crippen molar-refractivity contribution in [3.8, 4) is 5.75 Å². The van der Waals surface area contributed by atoms with E-state index in [2.05, 4.69) is 10.2 Å². The molecule has 2 heterocycles. The molecule has 1 aromatic carbocycles. The Morgan fingerprint density at radius 3 is 2.95 bits per heavy atom. The molecule has 0 aliphatic carbocycles. The van der Waals surface area contributed by atoms with E-state index in [4.69, 9.17) is 4.74 Å². The Bertz CT molecular complexity index is 497. The van der Waals surface area contributed by atoms with E-state index in [1.54, 1.807) is 11.8 Å². The van der Waals surface area contributed by atoms with Crippen LogP contribution in [0.3, 0.4) is 0 Å². The molecule has 2 saturated heterocycles. The molecule has 5 heteroatoms. The van der Waals surface area contributed by atoms with Crippen LogP contribution in [0.25, 0.3) is 0 Å². The number of amides is 1. The molecule has 2 fully saturated rings. The second-order valence-corrected chi connectivity index (χ2v) is 7.23. The van der Waals surface area contributed by atoms with Crippen LogP contribution < -0.4 is 10.1 Å². The number of thioether (sulfide) groups is 1. The summed E-state index contributed by atoms with van der Waals surface area (Å²) in [6.07, 6.45) is 4.74. The van der Waals surface area contributed by atoms with Gasteiger partial charge in [-0.25, -0.2) is 0 Å². The number of nitrogens with one attached hydrogen (secondary N) is 1. The second-order valence-electron chi connectivity index (χ2n) is 5.92. The second kappa shape index (κ2) is 7.88.